The molecular weight excluding hydrogens is 697 g/mol. The third kappa shape index (κ3) is 7.38. The van der Waals surface area contributed by atoms with Crippen LogP contribution in [0.4, 0.5) is 17.2 Å². The molecule has 3 aliphatic heterocycles. The minimum Gasteiger partial charge on any atom is -0.481 e. The number of halogens is 2. The molecule has 11 nitrogen and oxygen atoms in total. The van der Waals surface area contributed by atoms with E-state index >= 15 is 0 Å². The maximum Gasteiger partial charge on any atom is 0.220 e. The zero-order valence-electron chi connectivity index (χ0n) is 27.5. The molecule has 2 aromatic carbocycles. The van der Waals surface area contributed by atoms with Crippen LogP contribution in [0.1, 0.15) is 24.8 Å². The van der Waals surface area contributed by atoms with Crippen LogP contribution in [0, 0.1) is 0 Å². The number of methoxy groups -OCH3 is 1. The molecule has 0 radical (unpaired) electrons. The number of amides is 1. The quantitative estimate of drug-likeness (QED) is 0.110. The minimum atomic E-state index is -0.421. The number of hydrogen-bond donors (Lipinski definition) is 6. The highest BCUT2D eigenvalue weighted by Gasteiger charge is 2.34. The van der Waals surface area contributed by atoms with Crippen LogP contribution in [-0.4, -0.2) is 87.9 Å². The number of nitrogens with one attached hydrogen (secondary N) is 4. The summed E-state index contributed by atoms with van der Waals surface area (Å²) in [5.41, 5.74) is 5.39. The Balaban J connectivity index is 1.08. The smallest absolute Gasteiger partial charge is 0.220 e. The third-order valence-electron chi connectivity index (χ3n) is 9.34. The lowest BCUT2D eigenvalue weighted by molar-refractivity contribution is -0.119. The number of thioether (sulfide) groups is 1. The number of ether oxygens (including phenoxy) is 1. The number of nitrogens with zero attached hydrogens (tertiary/aromatic N) is 3. The molecule has 4 aromatic rings. The first-order valence-electron chi connectivity index (χ1n) is 16.6. The molecule has 50 heavy (non-hydrogen) atoms. The van der Waals surface area contributed by atoms with Crippen molar-refractivity contribution >= 4 is 58.1 Å². The van der Waals surface area contributed by atoms with E-state index in [1.165, 1.54) is 0 Å². The average molecular weight is 737 g/mol. The Morgan fingerprint density at radius 1 is 1.06 bits per heavy atom. The maximum atomic E-state index is 11.5. The number of pyridine rings is 2. The van der Waals surface area contributed by atoms with Crippen LogP contribution in [0.15, 0.2) is 65.7 Å². The van der Waals surface area contributed by atoms with Gasteiger partial charge in [0.2, 0.25) is 11.8 Å². The van der Waals surface area contributed by atoms with Crippen LogP contribution in [0.5, 0.6) is 5.88 Å². The van der Waals surface area contributed by atoms with Gasteiger partial charge in [-0.1, -0.05) is 71.4 Å². The molecule has 1 unspecified atom stereocenters. The highest BCUT2D eigenvalue weighted by Crippen LogP contribution is 2.46. The van der Waals surface area contributed by atoms with Crippen molar-refractivity contribution in [2.45, 2.75) is 54.3 Å². The summed E-state index contributed by atoms with van der Waals surface area (Å²) in [6.07, 6.45) is 3.33. The first-order valence-corrected chi connectivity index (χ1v) is 18.3. The molecule has 0 bridgehead atoms. The summed E-state index contributed by atoms with van der Waals surface area (Å²) in [5, 5.41) is 34.3. The summed E-state index contributed by atoms with van der Waals surface area (Å²) < 4.78 is 5.65. The van der Waals surface area contributed by atoms with E-state index in [-0.39, 0.29) is 30.0 Å². The van der Waals surface area contributed by atoms with E-state index in [0.29, 0.717) is 72.1 Å². The van der Waals surface area contributed by atoms with Crippen molar-refractivity contribution in [3.8, 4) is 28.3 Å². The van der Waals surface area contributed by atoms with Gasteiger partial charge in [-0.2, -0.15) is 0 Å². The van der Waals surface area contributed by atoms with Crippen LogP contribution < -0.4 is 26.0 Å². The lowest BCUT2D eigenvalue weighted by Crippen LogP contribution is -2.39. The minimum absolute atomic E-state index is 0.0241. The number of aliphatic hydroxyl groups is 2. The van der Waals surface area contributed by atoms with Gasteiger partial charge in [0.05, 0.1) is 52.3 Å². The van der Waals surface area contributed by atoms with Gasteiger partial charge < -0.3 is 36.2 Å². The van der Waals surface area contributed by atoms with Gasteiger partial charge in [-0.25, -0.2) is 9.97 Å². The lowest BCUT2D eigenvalue weighted by atomic mass is 10.00. The number of carbonyl (C=O) groups is 1. The molecule has 6 N–H and O–H groups in total. The molecule has 14 heteroatoms. The van der Waals surface area contributed by atoms with Crippen LogP contribution in [0.2, 0.25) is 10.0 Å². The van der Waals surface area contributed by atoms with Gasteiger partial charge in [-0.3, -0.25) is 9.69 Å². The fraction of sp³-hybridized carbons (Fsp3) is 0.361. The molecule has 0 spiro atoms. The Kier molecular flexibility index (Phi) is 10.7. The Bertz CT molecular complexity index is 1880. The van der Waals surface area contributed by atoms with Crippen molar-refractivity contribution in [1.29, 1.82) is 0 Å². The molecule has 1 amide bonds. The molecule has 0 saturated carbocycles. The average Bonchev–Trinajstić information content (AvgIpc) is 3.83. The van der Waals surface area contributed by atoms with Crippen molar-refractivity contribution < 1.29 is 19.7 Å². The number of rotatable bonds is 12. The molecule has 0 aliphatic carbocycles. The van der Waals surface area contributed by atoms with E-state index < -0.39 is 6.10 Å². The van der Waals surface area contributed by atoms with E-state index in [0.717, 1.165) is 39.3 Å². The van der Waals surface area contributed by atoms with E-state index in [1.54, 1.807) is 25.1 Å². The first kappa shape index (κ1) is 34.8. The normalized spacial score (nSPS) is 21.6. The zero-order valence-corrected chi connectivity index (χ0v) is 29.8. The Hall–Kier alpha value is -3.62. The molecule has 2 saturated heterocycles. The molecule has 3 aliphatic rings. The molecule has 2 aromatic heterocycles. The monoisotopic (exact) mass is 735 g/mol. The second-order valence-electron chi connectivity index (χ2n) is 12.7. The van der Waals surface area contributed by atoms with E-state index in [1.807, 2.05) is 54.6 Å². The molecule has 7 rings (SSSR count). The van der Waals surface area contributed by atoms with Crippen molar-refractivity contribution in [3.63, 3.8) is 0 Å². The number of benzene rings is 2. The Labute approximate surface area is 305 Å². The largest absolute Gasteiger partial charge is 0.481 e. The third-order valence-corrected chi connectivity index (χ3v) is 11.3. The summed E-state index contributed by atoms with van der Waals surface area (Å²) in [6, 6.07) is 17.5. The number of fused-ring (bicyclic) bond motifs is 1. The van der Waals surface area contributed by atoms with Crippen molar-refractivity contribution in [2.24, 2.45) is 0 Å². The van der Waals surface area contributed by atoms with E-state index in [9.17, 15) is 15.0 Å². The SMILES string of the molecule is COc1nc(-c2cccc(-c3cccc(Nc4nccc5c4NC(CN4C[C@H](O)C[C@H]4CO)S5)c3Cl)c2Cl)ccc1CNC[C@@H]1CCC(=O)N1. The van der Waals surface area contributed by atoms with Gasteiger partial charge in [0.15, 0.2) is 5.82 Å². The van der Waals surface area contributed by atoms with Crippen LogP contribution in [0.25, 0.3) is 22.4 Å². The fourth-order valence-electron chi connectivity index (χ4n) is 6.83. The summed E-state index contributed by atoms with van der Waals surface area (Å²) >= 11 is 15.9. The number of hydrogen-bond acceptors (Lipinski definition) is 11. The predicted molar refractivity (Wildman–Crippen MR) is 198 cm³/mol. The Morgan fingerprint density at radius 2 is 1.86 bits per heavy atom. The van der Waals surface area contributed by atoms with Crippen molar-refractivity contribution in [2.75, 3.05) is 44.0 Å². The van der Waals surface area contributed by atoms with Crippen LogP contribution in [-0.2, 0) is 11.3 Å². The number of β-amino-alcohol motifs (C(OH)–C–C–N with tert-alkyl or cyclic N) is 1. The number of aromatic nitrogens is 2. The second kappa shape index (κ2) is 15.3. The number of carbonyl (C=O) groups excluding carboxylic acids is 1. The van der Waals surface area contributed by atoms with Crippen LogP contribution in [0.3, 0.4) is 0 Å². The van der Waals surface area contributed by atoms with Gasteiger partial charge in [-0.15, -0.1) is 0 Å². The second-order valence-corrected chi connectivity index (χ2v) is 14.7. The van der Waals surface area contributed by atoms with Gasteiger partial charge >= 0.3 is 0 Å². The van der Waals surface area contributed by atoms with Crippen molar-refractivity contribution in [3.05, 3.63) is 76.4 Å². The topological polar surface area (TPSA) is 144 Å². The van der Waals surface area contributed by atoms with Crippen LogP contribution >= 0.6 is 35.0 Å². The summed E-state index contributed by atoms with van der Waals surface area (Å²) in [7, 11) is 1.60. The predicted octanol–water partition coefficient (Wildman–Crippen LogP) is 5.51. The lowest BCUT2D eigenvalue weighted by Gasteiger charge is -2.25. The standard InChI is InChI=1S/C36H39Cl2N7O4S/c1-49-36-20(15-39-16-21-9-11-30(48)41-21)8-10-27(43-36)26-6-2-4-24(32(26)37)25-5-3-7-28(33(25)38)42-35-34-29(12-13-40-35)50-31(44-34)18-45-17-23(47)14-22(45)19-46/h2-8,10,12-13,21-23,31,39,44,46-47H,9,11,14-19H2,1H3,(H,40,42)(H,41,48)/t21-,22-,23+,31?/m0/s1. The molecule has 262 valence electrons. The highest BCUT2D eigenvalue weighted by molar-refractivity contribution is 8.00. The highest BCUT2D eigenvalue weighted by atomic mass is 35.5. The molecular formula is C36H39Cl2N7O4S. The summed E-state index contributed by atoms with van der Waals surface area (Å²) in [5.74, 6) is 1.25. The van der Waals surface area contributed by atoms with Gasteiger partial charge in [-0.05, 0) is 31.0 Å². The summed E-state index contributed by atoms with van der Waals surface area (Å²) in [6.45, 7) is 2.47. The molecule has 5 heterocycles. The number of anilines is 3. The molecule has 2 fully saturated rings. The zero-order chi connectivity index (χ0) is 34.8. The van der Waals surface area contributed by atoms with Gasteiger partial charge in [0.1, 0.15) is 0 Å². The molecule has 4 atom stereocenters. The van der Waals surface area contributed by atoms with E-state index in [2.05, 4.69) is 31.2 Å². The number of aliphatic hydroxyl groups excluding tert-OH is 2. The first-order chi connectivity index (χ1) is 24.3. The summed E-state index contributed by atoms with van der Waals surface area (Å²) in [4.78, 5) is 24.1. The maximum absolute atomic E-state index is 11.5. The van der Waals surface area contributed by atoms with E-state index in [4.69, 9.17) is 32.9 Å². The number of likely N-dealkylation sites (tertiary alicyclic amines) is 1. The van der Waals surface area contributed by atoms with Gasteiger partial charge in [0, 0.05) is 78.0 Å². The fourth-order valence-corrected chi connectivity index (χ4v) is 8.59. The Morgan fingerprint density at radius 3 is 2.64 bits per heavy atom. The van der Waals surface area contributed by atoms with Gasteiger partial charge in [0.25, 0.3) is 0 Å². The van der Waals surface area contributed by atoms with Crippen molar-refractivity contribution in [1.82, 2.24) is 25.5 Å².